The fourth-order valence-corrected chi connectivity index (χ4v) is 3.13. The number of carbonyl (C=O) groups is 2. The van der Waals surface area contributed by atoms with Crippen molar-refractivity contribution in [1.82, 2.24) is 9.80 Å². The molecule has 138 valence electrons. The molecule has 2 rings (SSSR count). The van der Waals surface area contributed by atoms with Gasteiger partial charge in [-0.1, -0.05) is 0 Å². The monoisotopic (exact) mass is 358 g/mol. The van der Waals surface area contributed by atoms with E-state index in [0.717, 1.165) is 6.42 Å². The molecular formula is C17H30N2O4S. The molecule has 1 saturated carbocycles. The first-order valence-corrected chi connectivity index (χ1v) is 9.14. The summed E-state index contributed by atoms with van der Waals surface area (Å²) in [6.07, 6.45) is 0.151. The summed E-state index contributed by atoms with van der Waals surface area (Å²) in [6.45, 7) is 12.3. The summed E-state index contributed by atoms with van der Waals surface area (Å²) in [5, 5.41) is 0. The Kier molecular flexibility index (Phi) is 5.33. The number of hydrogen-bond acceptors (Lipinski definition) is 5. The number of rotatable bonds is 1. The number of amides is 2. The maximum absolute atomic E-state index is 12.5. The average Bonchev–Trinajstić information content (AvgIpc) is 3.13. The second kappa shape index (κ2) is 6.65. The number of fused-ring (bicyclic) bond motifs is 1. The summed E-state index contributed by atoms with van der Waals surface area (Å²) in [7, 11) is 0. The molecule has 2 fully saturated rings. The van der Waals surface area contributed by atoms with Crippen molar-refractivity contribution in [3.63, 3.8) is 0 Å². The highest BCUT2D eigenvalue weighted by molar-refractivity contribution is 7.80. The number of carbonyl (C=O) groups excluding carboxylic acids is 2. The van der Waals surface area contributed by atoms with Crippen molar-refractivity contribution >= 4 is 24.8 Å². The molecule has 1 saturated heterocycles. The van der Waals surface area contributed by atoms with Gasteiger partial charge in [0.2, 0.25) is 0 Å². The summed E-state index contributed by atoms with van der Waals surface area (Å²) in [4.78, 5) is 28.6. The second-order valence-electron chi connectivity index (χ2n) is 8.68. The van der Waals surface area contributed by atoms with Gasteiger partial charge in [0.05, 0.1) is 12.1 Å². The standard InChI is InChI=1S/C17H30N2O4S/c1-16(2,3)22-14(20)18-8-11(10-24)9-19(13-7-12(13)18)15(21)23-17(4,5)6/h11-13,24H,7-10H2,1-6H3/t11-,12+,13-. The quantitative estimate of drug-likeness (QED) is 0.732. The molecule has 0 N–H and O–H groups in total. The maximum atomic E-state index is 12.5. The Labute approximate surface area is 150 Å². The van der Waals surface area contributed by atoms with Crippen molar-refractivity contribution < 1.29 is 19.1 Å². The third kappa shape index (κ3) is 4.94. The van der Waals surface area contributed by atoms with Crippen LogP contribution < -0.4 is 0 Å². The van der Waals surface area contributed by atoms with E-state index >= 15 is 0 Å². The summed E-state index contributed by atoms with van der Waals surface area (Å²) in [5.41, 5.74) is -1.07. The van der Waals surface area contributed by atoms with Gasteiger partial charge >= 0.3 is 12.2 Å². The molecule has 0 spiro atoms. The smallest absolute Gasteiger partial charge is 0.410 e. The van der Waals surface area contributed by atoms with E-state index in [-0.39, 0.29) is 30.2 Å². The minimum Gasteiger partial charge on any atom is -0.444 e. The van der Waals surface area contributed by atoms with Gasteiger partial charge in [0, 0.05) is 19.0 Å². The minimum atomic E-state index is -0.533. The van der Waals surface area contributed by atoms with Crippen LogP contribution in [0.2, 0.25) is 0 Å². The van der Waals surface area contributed by atoms with E-state index in [1.54, 1.807) is 9.80 Å². The van der Waals surface area contributed by atoms with E-state index in [4.69, 9.17) is 9.47 Å². The molecule has 2 aliphatic rings. The molecule has 7 heteroatoms. The van der Waals surface area contributed by atoms with Crippen LogP contribution in [0.25, 0.3) is 0 Å². The molecule has 6 nitrogen and oxygen atoms in total. The molecular weight excluding hydrogens is 328 g/mol. The fraction of sp³-hybridized carbons (Fsp3) is 0.882. The van der Waals surface area contributed by atoms with Crippen LogP contribution in [0.5, 0.6) is 0 Å². The largest absolute Gasteiger partial charge is 0.444 e. The molecule has 0 bridgehead atoms. The van der Waals surface area contributed by atoms with Crippen molar-refractivity contribution in [1.29, 1.82) is 0 Å². The highest BCUT2D eigenvalue weighted by atomic mass is 32.1. The van der Waals surface area contributed by atoms with Crippen LogP contribution in [0.4, 0.5) is 9.59 Å². The molecule has 1 aliphatic heterocycles. The Morgan fingerprint density at radius 3 is 1.58 bits per heavy atom. The zero-order valence-corrected chi connectivity index (χ0v) is 16.4. The van der Waals surface area contributed by atoms with E-state index < -0.39 is 11.2 Å². The van der Waals surface area contributed by atoms with E-state index in [0.29, 0.717) is 18.8 Å². The highest BCUT2D eigenvalue weighted by Gasteiger charge is 2.53. The van der Waals surface area contributed by atoms with E-state index in [9.17, 15) is 9.59 Å². The van der Waals surface area contributed by atoms with Gasteiger partial charge in [-0.15, -0.1) is 0 Å². The van der Waals surface area contributed by atoms with E-state index in [1.165, 1.54) is 0 Å². The van der Waals surface area contributed by atoms with Crippen LogP contribution in [-0.2, 0) is 9.47 Å². The number of thiol groups is 1. The van der Waals surface area contributed by atoms with Gasteiger partial charge in [-0.3, -0.25) is 0 Å². The van der Waals surface area contributed by atoms with Crippen LogP contribution in [0.1, 0.15) is 48.0 Å². The van der Waals surface area contributed by atoms with Gasteiger partial charge in [-0.2, -0.15) is 12.6 Å². The van der Waals surface area contributed by atoms with Crippen LogP contribution in [0.3, 0.4) is 0 Å². The molecule has 3 atom stereocenters. The molecule has 0 radical (unpaired) electrons. The minimum absolute atomic E-state index is 0.0113. The Hall–Kier alpha value is -1.11. The Bertz CT molecular complexity index is 456. The van der Waals surface area contributed by atoms with Crippen LogP contribution in [0, 0.1) is 5.92 Å². The van der Waals surface area contributed by atoms with Crippen molar-refractivity contribution in [2.24, 2.45) is 5.92 Å². The molecule has 24 heavy (non-hydrogen) atoms. The topological polar surface area (TPSA) is 59.1 Å². The molecule has 2 amide bonds. The highest BCUT2D eigenvalue weighted by Crippen LogP contribution is 2.38. The SMILES string of the molecule is CC(C)(C)OC(=O)N1C[C@H](CS)CN(C(=O)OC(C)(C)C)[C@H]2C[C@H]21. The normalized spacial score (nSPS) is 27.2. The Morgan fingerprint density at radius 2 is 1.29 bits per heavy atom. The average molecular weight is 359 g/mol. The third-order valence-corrected chi connectivity index (χ3v) is 4.47. The summed E-state index contributed by atoms with van der Waals surface area (Å²) in [6, 6.07) is 0.0227. The molecule has 0 aromatic rings. The van der Waals surface area contributed by atoms with Gasteiger partial charge < -0.3 is 19.3 Å². The van der Waals surface area contributed by atoms with Gasteiger partial charge in [0.15, 0.2) is 0 Å². The van der Waals surface area contributed by atoms with Crippen molar-refractivity contribution in [3.05, 3.63) is 0 Å². The maximum Gasteiger partial charge on any atom is 0.410 e. The molecule has 1 heterocycles. The van der Waals surface area contributed by atoms with Crippen molar-refractivity contribution in [3.8, 4) is 0 Å². The number of nitrogens with zero attached hydrogens (tertiary/aromatic N) is 2. The summed E-state index contributed by atoms with van der Waals surface area (Å²) in [5.74, 6) is 0.694. The van der Waals surface area contributed by atoms with Crippen molar-refractivity contribution in [2.45, 2.75) is 71.2 Å². The lowest BCUT2D eigenvalue weighted by Crippen LogP contribution is -2.41. The first-order chi connectivity index (χ1) is 10.9. The van der Waals surface area contributed by atoms with Gasteiger partial charge in [-0.05, 0) is 53.7 Å². The molecule has 0 aromatic carbocycles. The Morgan fingerprint density at radius 1 is 0.917 bits per heavy atom. The summed E-state index contributed by atoms with van der Waals surface area (Å²) >= 11 is 4.39. The Balaban J connectivity index is 2.11. The zero-order chi connectivity index (χ0) is 18.3. The predicted molar refractivity (Wildman–Crippen MR) is 95.4 cm³/mol. The van der Waals surface area contributed by atoms with Gasteiger partial charge in [0.25, 0.3) is 0 Å². The van der Waals surface area contributed by atoms with Crippen LogP contribution >= 0.6 is 12.6 Å². The first-order valence-electron chi connectivity index (χ1n) is 8.51. The molecule has 0 aromatic heterocycles. The van der Waals surface area contributed by atoms with E-state index in [2.05, 4.69) is 12.6 Å². The number of hydrogen-bond donors (Lipinski definition) is 1. The van der Waals surface area contributed by atoms with Gasteiger partial charge in [0.1, 0.15) is 11.2 Å². The lowest BCUT2D eigenvalue weighted by atomic mass is 10.1. The third-order valence-electron chi connectivity index (χ3n) is 3.95. The predicted octanol–water partition coefficient (Wildman–Crippen LogP) is 3.16. The first kappa shape index (κ1) is 19.2. The van der Waals surface area contributed by atoms with Gasteiger partial charge in [-0.25, -0.2) is 9.59 Å². The van der Waals surface area contributed by atoms with E-state index in [1.807, 2.05) is 41.5 Å². The second-order valence-corrected chi connectivity index (χ2v) is 9.05. The fourth-order valence-electron chi connectivity index (χ4n) is 2.90. The number of ether oxygens (including phenoxy) is 2. The van der Waals surface area contributed by atoms with Crippen molar-refractivity contribution in [2.75, 3.05) is 18.8 Å². The molecule has 1 aliphatic carbocycles. The van der Waals surface area contributed by atoms with Crippen LogP contribution in [0.15, 0.2) is 0 Å². The zero-order valence-electron chi connectivity index (χ0n) is 15.5. The van der Waals surface area contributed by atoms with Crippen LogP contribution in [-0.4, -0.2) is 64.1 Å². The lowest BCUT2D eigenvalue weighted by Gasteiger charge is -2.29. The summed E-state index contributed by atoms with van der Waals surface area (Å²) < 4.78 is 11.1. The molecule has 0 unspecified atom stereocenters. The lowest BCUT2D eigenvalue weighted by molar-refractivity contribution is 0.0194.